The molecule has 4 bridgehead atoms. The molecule has 7 aliphatic rings. The molecular weight excluding hydrogens is 324 g/mol. The van der Waals surface area contributed by atoms with Gasteiger partial charge in [0.05, 0.1) is 23.7 Å². The fraction of sp³-hybridized carbons (Fsp3) is 0.789. The van der Waals surface area contributed by atoms with Crippen LogP contribution in [-0.4, -0.2) is 23.9 Å². The summed E-state index contributed by atoms with van der Waals surface area (Å²) in [4.78, 5) is 48.5. The molecule has 0 amide bonds. The smallest absolute Gasteiger partial charge is 0.317 e. The first-order valence-corrected chi connectivity index (χ1v) is 9.59. The lowest BCUT2D eigenvalue weighted by Crippen LogP contribution is -2.56. The van der Waals surface area contributed by atoms with Crippen LogP contribution in [0.5, 0.6) is 0 Å². The van der Waals surface area contributed by atoms with Gasteiger partial charge in [0.25, 0.3) is 0 Å². The Morgan fingerprint density at radius 2 is 0.920 bits per heavy atom. The minimum Gasteiger partial charge on any atom is -0.393 e. The number of rotatable bonds is 0. The van der Waals surface area contributed by atoms with E-state index < -0.39 is 0 Å². The third-order valence-electron chi connectivity index (χ3n) is 7.91. The van der Waals surface area contributed by atoms with E-state index in [0.717, 1.165) is 19.3 Å². The highest BCUT2D eigenvalue weighted by molar-refractivity contribution is 5.99. The number of cyclic esters (lactones) is 4. The molecule has 6 nitrogen and oxygen atoms in total. The monoisotopic (exact) mass is 346 g/mol. The van der Waals surface area contributed by atoms with Crippen molar-refractivity contribution in [2.45, 2.75) is 33.1 Å². The minimum absolute atomic E-state index is 0.133. The maximum absolute atomic E-state index is 12.2. The molecule has 25 heavy (non-hydrogen) atoms. The maximum Gasteiger partial charge on any atom is 0.317 e. The number of fused-ring (bicyclic) bond motifs is 6. The highest BCUT2D eigenvalue weighted by Gasteiger charge is 2.74. The van der Waals surface area contributed by atoms with Crippen LogP contribution in [0.25, 0.3) is 0 Å². The van der Waals surface area contributed by atoms with Crippen molar-refractivity contribution in [3.8, 4) is 0 Å². The zero-order valence-electron chi connectivity index (χ0n) is 14.3. The molecule has 5 aliphatic carbocycles. The van der Waals surface area contributed by atoms with Crippen molar-refractivity contribution >= 4 is 23.9 Å². The molecule has 0 aromatic carbocycles. The van der Waals surface area contributed by atoms with Crippen LogP contribution in [0.4, 0.5) is 0 Å². The number of hydrogen-bond donors (Lipinski definition) is 0. The highest BCUT2D eigenvalue weighted by atomic mass is 16.6. The van der Waals surface area contributed by atoms with E-state index in [1.54, 1.807) is 0 Å². The van der Waals surface area contributed by atoms with Gasteiger partial charge in [-0.15, -0.1) is 0 Å². The topological polar surface area (TPSA) is 86.7 Å². The molecule has 10 atom stereocenters. The summed E-state index contributed by atoms with van der Waals surface area (Å²) in [6.07, 6.45) is 2.74. The lowest BCUT2D eigenvalue weighted by molar-refractivity contribution is -0.155. The average Bonchev–Trinajstić information content (AvgIpc) is 3.34. The first-order chi connectivity index (χ1) is 12.1. The first-order valence-electron chi connectivity index (χ1n) is 9.59. The Balaban J connectivity index is 0.000000679. The molecular formula is C19H22O6. The number of hydrogen-bond acceptors (Lipinski definition) is 6. The summed E-state index contributed by atoms with van der Waals surface area (Å²) in [6, 6.07) is 0. The van der Waals surface area contributed by atoms with Crippen LogP contribution in [0.2, 0.25) is 0 Å². The molecule has 7 rings (SSSR count). The molecule has 2 aliphatic heterocycles. The zero-order valence-corrected chi connectivity index (χ0v) is 14.3. The lowest BCUT2D eigenvalue weighted by atomic mass is 9.46. The standard InChI is InChI=1S/C17H16O6.C2H6/c18-14-10-4-1-2-5(11(10)15(19)22-14)9-7-3-6(8(4)9)12-13(7)17(21)23-16(12)20;1-2/h4-13H,1-3H2;1-2H3. The van der Waals surface area contributed by atoms with Crippen molar-refractivity contribution < 1.29 is 28.7 Å². The Morgan fingerprint density at radius 3 is 1.28 bits per heavy atom. The molecule has 0 aromatic rings. The van der Waals surface area contributed by atoms with Gasteiger partial charge in [0.15, 0.2) is 0 Å². The fourth-order valence-electron chi connectivity index (χ4n) is 7.61. The quantitative estimate of drug-likeness (QED) is 0.489. The molecule has 0 aromatic heterocycles. The molecule has 5 saturated carbocycles. The van der Waals surface area contributed by atoms with Crippen molar-refractivity contribution in [3.63, 3.8) is 0 Å². The molecule has 134 valence electrons. The minimum atomic E-state index is -0.367. The van der Waals surface area contributed by atoms with Crippen molar-refractivity contribution in [2.75, 3.05) is 0 Å². The Kier molecular flexibility index (Phi) is 3.06. The predicted octanol–water partition coefficient (Wildman–Crippen LogP) is 1.57. The first kappa shape index (κ1) is 15.5. The fourth-order valence-corrected chi connectivity index (χ4v) is 7.61. The molecule has 0 radical (unpaired) electrons. The number of ether oxygens (including phenoxy) is 2. The van der Waals surface area contributed by atoms with Crippen LogP contribution in [0.15, 0.2) is 0 Å². The Hall–Kier alpha value is -1.72. The summed E-state index contributed by atoms with van der Waals surface area (Å²) in [7, 11) is 0. The molecule has 7 fully saturated rings. The van der Waals surface area contributed by atoms with Gasteiger partial charge < -0.3 is 9.47 Å². The van der Waals surface area contributed by atoms with E-state index in [-0.39, 0.29) is 83.1 Å². The van der Waals surface area contributed by atoms with E-state index >= 15 is 0 Å². The van der Waals surface area contributed by atoms with Crippen LogP contribution < -0.4 is 0 Å². The molecule has 2 heterocycles. The van der Waals surface area contributed by atoms with E-state index in [2.05, 4.69) is 0 Å². The van der Waals surface area contributed by atoms with Gasteiger partial charge in [0.1, 0.15) is 0 Å². The van der Waals surface area contributed by atoms with Crippen LogP contribution in [0.3, 0.4) is 0 Å². The van der Waals surface area contributed by atoms with Gasteiger partial charge in [-0.05, 0) is 54.8 Å². The van der Waals surface area contributed by atoms with Gasteiger partial charge in [0.2, 0.25) is 0 Å². The van der Waals surface area contributed by atoms with Crippen molar-refractivity contribution in [1.82, 2.24) is 0 Å². The van der Waals surface area contributed by atoms with E-state index in [4.69, 9.17) is 9.47 Å². The SMILES string of the molecule is CC.O=C1OC(=O)C2C3CCC(C12)C1C2CC(C4C(=O)OC(=O)C24)C31. The Labute approximate surface area is 145 Å². The van der Waals surface area contributed by atoms with Crippen LogP contribution in [0.1, 0.15) is 33.1 Å². The van der Waals surface area contributed by atoms with Crippen LogP contribution in [-0.2, 0) is 28.7 Å². The molecule has 0 spiro atoms. The van der Waals surface area contributed by atoms with Crippen molar-refractivity contribution in [3.05, 3.63) is 0 Å². The normalized spacial score (nSPS) is 53.7. The lowest BCUT2D eigenvalue weighted by Gasteiger charge is -2.55. The van der Waals surface area contributed by atoms with Gasteiger partial charge in [0, 0.05) is 0 Å². The van der Waals surface area contributed by atoms with Gasteiger partial charge in [-0.2, -0.15) is 0 Å². The van der Waals surface area contributed by atoms with Crippen molar-refractivity contribution in [1.29, 1.82) is 0 Å². The summed E-state index contributed by atoms with van der Waals surface area (Å²) in [5.74, 6) is -1.59. The van der Waals surface area contributed by atoms with Gasteiger partial charge in [-0.3, -0.25) is 19.2 Å². The summed E-state index contributed by atoms with van der Waals surface area (Å²) < 4.78 is 9.85. The van der Waals surface area contributed by atoms with Crippen LogP contribution in [0, 0.1) is 59.2 Å². The zero-order chi connectivity index (χ0) is 17.6. The van der Waals surface area contributed by atoms with E-state index in [0.29, 0.717) is 0 Å². The Bertz CT molecular complexity index is 642. The van der Waals surface area contributed by atoms with E-state index in [9.17, 15) is 19.2 Å². The molecule has 10 unspecified atom stereocenters. The number of esters is 4. The average molecular weight is 346 g/mol. The summed E-state index contributed by atoms with van der Waals surface area (Å²) in [5.41, 5.74) is 0. The number of carbonyl (C=O) groups excluding carboxylic acids is 4. The highest BCUT2D eigenvalue weighted by Crippen LogP contribution is 2.72. The van der Waals surface area contributed by atoms with E-state index in [1.165, 1.54) is 0 Å². The van der Waals surface area contributed by atoms with Gasteiger partial charge in [-0.25, -0.2) is 0 Å². The largest absolute Gasteiger partial charge is 0.393 e. The molecule has 6 heteroatoms. The summed E-state index contributed by atoms with van der Waals surface area (Å²) in [6.45, 7) is 4.00. The van der Waals surface area contributed by atoms with Gasteiger partial charge in [-0.1, -0.05) is 13.8 Å². The third kappa shape index (κ3) is 1.62. The second kappa shape index (κ2) is 4.92. The molecule has 2 saturated heterocycles. The summed E-state index contributed by atoms with van der Waals surface area (Å²) >= 11 is 0. The third-order valence-corrected chi connectivity index (χ3v) is 7.91. The second-order valence-electron chi connectivity index (χ2n) is 8.21. The predicted molar refractivity (Wildman–Crippen MR) is 82.3 cm³/mol. The van der Waals surface area contributed by atoms with Crippen LogP contribution >= 0.6 is 0 Å². The van der Waals surface area contributed by atoms with E-state index in [1.807, 2.05) is 13.8 Å². The van der Waals surface area contributed by atoms with Gasteiger partial charge >= 0.3 is 23.9 Å². The molecule has 0 N–H and O–H groups in total. The summed E-state index contributed by atoms with van der Waals surface area (Å²) in [5, 5.41) is 0. The second-order valence-corrected chi connectivity index (χ2v) is 8.21. The number of carbonyl (C=O) groups is 4. The maximum atomic E-state index is 12.2. The van der Waals surface area contributed by atoms with Crippen molar-refractivity contribution in [2.24, 2.45) is 59.2 Å². The Morgan fingerprint density at radius 1 is 0.600 bits per heavy atom.